The maximum absolute atomic E-state index is 3.68. The van der Waals surface area contributed by atoms with Crippen LogP contribution in [0.15, 0.2) is 18.2 Å². The number of fused-ring (bicyclic) bond motifs is 2. The number of aryl methyl sites for hydroxylation is 1. The largest absolute Gasteiger partial charge is 0.384 e. The van der Waals surface area contributed by atoms with E-state index < -0.39 is 0 Å². The first-order chi connectivity index (χ1) is 11.8. The minimum absolute atomic E-state index is 0.415. The van der Waals surface area contributed by atoms with E-state index in [4.69, 9.17) is 0 Å². The summed E-state index contributed by atoms with van der Waals surface area (Å²) in [7, 11) is 0. The van der Waals surface area contributed by atoms with E-state index in [0.29, 0.717) is 5.41 Å². The SMILES string of the molecule is Cc1ccc2c(c1)C1(CCN(CC3CCCCCCC3)CC1)CN2. The molecule has 132 valence electrons. The number of hydrogen-bond acceptors (Lipinski definition) is 2. The third-order valence-corrected chi connectivity index (χ3v) is 6.92. The summed E-state index contributed by atoms with van der Waals surface area (Å²) in [6, 6.07) is 6.98. The van der Waals surface area contributed by atoms with Gasteiger partial charge in [-0.2, -0.15) is 0 Å². The van der Waals surface area contributed by atoms with Gasteiger partial charge in [0.25, 0.3) is 0 Å². The monoisotopic (exact) mass is 326 g/mol. The summed E-state index contributed by atoms with van der Waals surface area (Å²) >= 11 is 0. The number of nitrogens with one attached hydrogen (secondary N) is 1. The predicted octanol–water partition coefficient (Wildman–Crippen LogP) is 5.11. The van der Waals surface area contributed by atoms with E-state index in [1.54, 1.807) is 5.56 Å². The topological polar surface area (TPSA) is 15.3 Å². The van der Waals surface area contributed by atoms with Gasteiger partial charge < -0.3 is 10.2 Å². The average Bonchev–Trinajstić information content (AvgIpc) is 2.90. The molecule has 0 unspecified atom stereocenters. The van der Waals surface area contributed by atoms with Crippen molar-refractivity contribution in [2.24, 2.45) is 5.92 Å². The molecule has 0 amide bonds. The van der Waals surface area contributed by atoms with Crippen LogP contribution in [0.2, 0.25) is 0 Å². The molecule has 2 heteroatoms. The fourth-order valence-electron chi connectivity index (χ4n) is 5.31. The predicted molar refractivity (Wildman–Crippen MR) is 103 cm³/mol. The van der Waals surface area contributed by atoms with Gasteiger partial charge in [-0.3, -0.25) is 0 Å². The zero-order valence-corrected chi connectivity index (χ0v) is 15.4. The lowest BCUT2D eigenvalue weighted by Gasteiger charge is -2.41. The Hall–Kier alpha value is -1.02. The molecule has 1 N–H and O–H groups in total. The van der Waals surface area contributed by atoms with E-state index in [1.165, 1.54) is 88.7 Å². The number of benzene rings is 1. The molecule has 24 heavy (non-hydrogen) atoms. The number of nitrogens with zero attached hydrogens (tertiary/aromatic N) is 1. The Morgan fingerprint density at radius 3 is 2.50 bits per heavy atom. The fourth-order valence-corrected chi connectivity index (χ4v) is 5.31. The van der Waals surface area contributed by atoms with Crippen LogP contribution < -0.4 is 5.32 Å². The molecule has 2 heterocycles. The van der Waals surface area contributed by atoms with Crippen LogP contribution in [0.5, 0.6) is 0 Å². The lowest BCUT2D eigenvalue weighted by Crippen LogP contribution is -2.45. The normalized spacial score (nSPS) is 25.0. The van der Waals surface area contributed by atoms with Gasteiger partial charge in [0.15, 0.2) is 0 Å². The maximum atomic E-state index is 3.68. The van der Waals surface area contributed by atoms with Gasteiger partial charge in [-0.05, 0) is 63.2 Å². The molecular formula is C22H34N2. The highest BCUT2D eigenvalue weighted by Crippen LogP contribution is 2.44. The zero-order chi connectivity index (χ0) is 16.4. The summed E-state index contributed by atoms with van der Waals surface area (Å²) in [4.78, 5) is 2.78. The number of hydrogen-bond donors (Lipinski definition) is 1. The molecule has 0 aromatic heterocycles. The van der Waals surface area contributed by atoms with Crippen molar-refractivity contribution >= 4 is 5.69 Å². The standard InChI is InChI=1S/C22H34N2/c1-18-9-10-21-20(15-18)22(17-23-21)11-13-24(14-12-22)16-19-7-5-3-2-4-6-8-19/h9-10,15,19,23H,2-8,11-14,16-17H2,1H3. The Kier molecular flexibility index (Phi) is 4.85. The van der Waals surface area contributed by atoms with Gasteiger partial charge in [-0.15, -0.1) is 0 Å². The fraction of sp³-hybridized carbons (Fsp3) is 0.727. The Morgan fingerprint density at radius 1 is 1.04 bits per heavy atom. The first-order valence-electron chi connectivity index (χ1n) is 10.3. The first kappa shape index (κ1) is 16.4. The molecule has 1 aromatic rings. The molecule has 0 bridgehead atoms. The summed E-state index contributed by atoms with van der Waals surface area (Å²) in [5.74, 6) is 0.968. The molecule has 1 spiro atoms. The van der Waals surface area contributed by atoms with E-state index in [2.05, 4.69) is 35.3 Å². The van der Waals surface area contributed by atoms with Gasteiger partial charge in [0.05, 0.1) is 0 Å². The molecule has 0 radical (unpaired) electrons. The van der Waals surface area contributed by atoms with Crippen molar-refractivity contribution in [3.8, 4) is 0 Å². The quantitative estimate of drug-likeness (QED) is 0.812. The van der Waals surface area contributed by atoms with E-state index in [1.807, 2.05) is 0 Å². The van der Waals surface area contributed by atoms with Crippen molar-refractivity contribution in [1.82, 2.24) is 4.90 Å². The van der Waals surface area contributed by atoms with Crippen molar-refractivity contribution in [3.05, 3.63) is 29.3 Å². The number of anilines is 1. The summed E-state index contributed by atoms with van der Waals surface area (Å²) in [6.45, 7) is 7.35. The third-order valence-electron chi connectivity index (χ3n) is 6.92. The summed E-state index contributed by atoms with van der Waals surface area (Å²) < 4.78 is 0. The zero-order valence-electron chi connectivity index (χ0n) is 15.4. The molecule has 0 atom stereocenters. The third kappa shape index (κ3) is 3.35. The molecule has 4 rings (SSSR count). The molecule has 1 saturated carbocycles. The second-order valence-electron chi connectivity index (χ2n) is 8.69. The van der Waals surface area contributed by atoms with Crippen LogP contribution in [0.1, 0.15) is 68.9 Å². The molecule has 2 aliphatic heterocycles. The Bertz CT molecular complexity index is 549. The summed E-state index contributed by atoms with van der Waals surface area (Å²) in [5.41, 5.74) is 4.83. The smallest absolute Gasteiger partial charge is 0.0379 e. The minimum atomic E-state index is 0.415. The summed E-state index contributed by atoms with van der Waals surface area (Å²) in [6.07, 6.45) is 13.0. The Morgan fingerprint density at radius 2 is 1.75 bits per heavy atom. The highest BCUT2D eigenvalue weighted by molar-refractivity contribution is 5.61. The van der Waals surface area contributed by atoms with Gasteiger partial charge in [-0.25, -0.2) is 0 Å². The number of likely N-dealkylation sites (tertiary alicyclic amines) is 1. The second kappa shape index (κ2) is 7.07. The lowest BCUT2D eigenvalue weighted by atomic mass is 9.74. The van der Waals surface area contributed by atoms with Crippen molar-refractivity contribution in [2.75, 3.05) is 31.5 Å². The van der Waals surface area contributed by atoms with Gasteiger partial charge in [0.1, 0.15) is 0 Å². The van der Waals surface area contributed by atoms with Crippen LogP contribution in [-0.2, 0) is 5.41 Å². The van der Waals surface area contributed by atoms with E-state index in [-0.39, 0.29) is 0 Å². The molecular weight excluding hydrogens is 292 g/mol. The molecule has 2 fully saturated rings. The van der Waals surface area contributed by atoms with Gasteiger partial charge in [-0.1, -0.05) is 49.8 Å². The van der Waals surface area contributed by atoms with Gasteiger partial charge in [0, 0.05) is 24.2 Å². The van der Waals surface area contributed by atoms with Crippen LogP contribution >= 0.6 is 0 Å². The maximum Gasteiger partial charge on any atom is 0.0379 e. The molecule has 1 saturated heterocycles. The van der Waals surface area contributed by atoms with Crippen molar-refractivity contribution in [3.63, 3.8) is 0 Å². The van der Waals surface area contributed by atoms with Crippen molar-refractivity contribution in [2.45, 2.75) is 70.1 Å². The van der Waals surface area contributed by atoms with E-state index in [9.17, 15) is 0 Å². The van der Waals surface area contributed by atoms with Crippen molar-refractivity contribution < 1.29 is 0 Å². The Labute approximate surface area is 148 Å². The first-order valence-corrected chi connectivity index (χ1v) is 10.3. The minimum Gasteiger partial charge on any atom is -0.384 e. The van der Waals surface area contributed by atoms with Crippen LogP contribution in [0.25, 0.3) is 0 Å². The second-order valence-corrected chi connectivity index (χ2v) is 8.69. The van der Waals surface area contributed by atoms with Crippen LogP contribution in [0.4, 0.5) is 5.69 Å². The molecule has 1 aliphatic carbocycles. The van der Waals surface area contributed by atoms with Crippen molar-refractivity contribution in [1.29, 1.82) is 0 Å². The number of rotatable bonds is 2. The van der Waals surface area contributed by atoms with Crippen LogP contribution in [0, 0.1) is 12.8 Å². The highest BCUT2D eigenvalue weighted by atomic mass is 15.1. The Balaban J connectivity index is 1.36. The highest BCUT2D eigenvalue weighted by Gasteiger charge is 2.41. The lowest BCUT2D eigenvalue weighted by molar-refractivity contribution is 0.138. The van der Waals surface area contributed by atoms with Crippen LogP contribution in [0.3, 0.4) is 0 Å². The summed E-state index contributed by atoms with van der Waals surface area (Å²) in [5, 5.41) is 3.68. The van der Waals surface area contributed by atoms with Gasteiger partial charge in [0.2, 0.25) is 0 Å². The number of piperidine rings is 1. The van der Waals surface area contributed by atoms with Gasteiger partial charge >= 0.3 is 0 Å². The van der Waals surface area contributed by atoms with E-state index in [0.717, 1.165) is 12.5 Å². The molecule has 1 aromatic carbocycles. The average molecular weight is 327 g/mol. The van der Waals surface area contributed by atoms with Crippen LogP contribution in [-0.4, -0.2) is 31.1 Å². The molecule has 2 nitrogen and oxygen atoms in total. The van der Waals surface area contributed by atoms with E-state index >= 15 is 0 Å². The molecule has 3 aliphatic rings.